The van der Waals surface area contributed by atoms with E-state index in [1.165, 1.54) is 36.8 Å². The zero-order chi connectivity index (χ0) is 29.5. The Labute approximate surface area is 257 Å². The Bertz CT molecular complexity index is 1870. The Morgan fingerprint density at radius 3 is 2.84 bits per heavy atom. The Morgan fingerprint density at radius 2 is 1.91 bits per heavy atom. The number of pyridine rings is 2. The number of rotatable bonds is 7. The van der Waals surface area contributed by atoms with E-state index in [0.717, 1.165) is 99.6 Å². The van der Waals surface area contributed by atoms with Gasteiger partial charge in [0.05, 0.1) is 28.6 Å². The number of allylic oxidation sites excluding steroid dienone is 4. The first-order chi connectivity index (χ1) is 21.7. The molecule has 2 aliphatic heterocycles. The average Bonchev–Trinajstić information content (AvgIpc) is 3.81. The molecule has 0 unspecified atom stereocenters. The normalized spacial score (nSPS) is 17.8. The van der Waals surface area contributed by atoms with Crippen LogP contribution < -0.4 is 20.1 Å². The second kappa shape index (κ2) is 11.4. The van der Waals surface area contributed by atoms with Crippen LogP contribution in [-0.4, -0.2) is 39.8 Å². The van der Waals surface area contributed by atoms with Crippen LogP contribution in [0.2, 0.25) is 0 Å². The lowest BCUT2D eigenvalue weighted by Crippen LogP contribution is -2.23. The van der Waals surface area contributed by atoms with Crippen molar-refractivity contribution in [2.45, 2.75) is 45.4 Å². The molecular formula is C36H36N6O2. The first-order valence-electron chi connectivity index (χ1n) is 15.7. The minimum absolute atomic E-state index is 0.244. The first kappa shape index (κ1) is 26.9. The lowest BCUT2D eigenvalue weighted by molar-refractivity contribution is 0.174. The van der Waals surface area contributed by atoms with E-state index >= 15 is 0 Å². The van der Waals surface area contributed by atoms with Gasteiger partial charge in [-0.25, -0.2) is 9.97 Å². The second-order valence-corrected chi connectivity index (χ2v) is 12.2. The Kier molecular flexibility index (Phi) is 6.99. The maximum Gasteiger partial charge on any atom is 0.231 e. The quantitative estimate of drug-likeness (QED) is 0.223. The van der Waals surface area contributed by atoms with Gasteiger partial charge in [0.2, 0.25) is 6.79 Å². The molecule has 3 aromatic heterocycles. The van der Waals surface area contributed by atoms with Crippen molar-refractivity contribution in [3.05, 3.63) is 101 Å². The minimum Gasteiger partial charge on any atom is -0.454 e. The fourth-order valence-electron chi connectivity index (χ4n) is 6.78. The van der Waals surface area contributed by atoms with Gasteiger partial charge in [-0.15, -0.1) is 0 Å². The molecule has 0 saturated heterocycles. The highest BCUT2D eigenvalue weighted by Gasteiger charge is 2.22. The molecule has 0 spiro atoms. The highest BCUT2D eigenvalue weighted by molar-refractivity contribution is 5.94. The average molecular weight is 585 g/mol. The fraction of sp³-hybridized carbons (Fsp3) is 0.306. The summed E-state index contributed by atoms with van der Waals surface area (Å²) in [5.74, 6) is 3.12. The summed E-state index contributed by atoms with van der Waals surface area (Å²) >= 11 is 0. The van der Waals surface area contributed by atoms with Crippen LogP contribution in [0.5, 0.6) is 11.5 Å². The summed E-state index contributed by atoms with van der Waals surface area (Å²) in [6, 6.07) is 10.3. The molecule has 44 heavy (non-hydrogen) atoms. The molecule has 8 nitrogen and oxygen atoms in total. The summed E-state index contributed by atoms with van der Waals surface area (Å²) in [4.78, 5) is 18.4. The van der Waals surface area contributed by atoms with Crippen molar-refractivity contribution >= 4 is 22.2 Å². The van der Waals surface area contributed by atoms with E-state index < -0.39 is 0 Å². The number of hydrogen-bond acceptors (Lipinski definition) is 7. The van der Waals surface area contributed by atoms with Crippen molar-refractivity contribution in [3.63, 3.8) is 0 Å². The molecule has 0 bridgehead atoms. The molecule has 0 amide bonds. The molecule has 4 aromatic rings. The van der Waals surface area contributed by atoms with Gasteiger partial charge in [0, 0.05) is 41.3 Å². The van der Waals surface area contributed by atoms with Gasteiger partial charge in [-0.3, -0.25) is 4.98 Å². The maximum atomic E-state index is 5.63. The van der Waals surface area contributed by atoms with E-state index in [1.54, 1.807) is 0 Å². The van der Waals surface area contributed by atoms with Crippen LogP contribution in [0.1, 0.15) is 61.8 Å². The largest absolute Gasteiger partial charge is 0.454 e. The van der Waals surface area contributed by atoms with Crippen LogP contribution in [-0.2, 0) is 6.42 Å². The van der Waals surface area contributed by atoms with E-state index in [4.69, 9.17) is 19.4 Å². The molecule has 0 radical (unpaired) electrons. The van der Waals surface area contributed by atoms with Crippen molar-refractivity contribution < 1.29 is 9.47 Å². The summed E-state index contributed by atoms with van der Waals surface area (Å²) in [5.41, 5.74) is 11.3. The van der Waals surface area contributed by atoms with Crippen LogP contribution in [0, 0.1) is 5.92 Å². The molecule has 3 N–H and O–H groups in total. The highest BCUT2D eigenvalue weighted by Crippen LogP contribution is 2.38. The van der Waals surface area contributed by atoms with E-state index in [-0.39, 0.29) is 6.79 Å². The third kappa shape index (κ3) is 5.19. The van der Waals surface area contributed by atoms with E-state index in [0.29, 0.717) is 0 Å². The molecule has 0 atom stereocenters. The predicted molar refractivity (Wildman–Crippen MR) is 173 cm³/mol. The summed E-state index contributed by atoms with van der Waals surface area (Å²) < 4.78 is 11.1. The first-order valence-corrected chi connectivity index (χ1v) is 15.7. The van der Waals surface area contributed by atoms with Gasteiger partial charge in [0.25, 0.3) is 0 Å². The van der Waals surface area contributed by atoms with Gasteiger partial charge in [0.1, 0.15) is 5.82 Å². The molecule has 4 aliphatic rings. The van der Waals surface area contributed by atoms with Crippen LogP contribution in [0.15, 0.2) is 78.4 Å². The number of nitrogens with one attached hydrogen (secondary N) is 3. The Hall–Kier alpha value is -4.69. The van der Waals surface area contributed by atoms with Gasteiger partial charge >= 0.3 is 0 Å². The van der Waals surface area contributed by atoms with Crippen molar-refractivity contribution in [2.75, 3.05) is 19.9 Å². The van der Waals surface area contributed by atoms with Gasteiger partial charge in [0.15, 0.2) is 11.5 Å². The van der Waals surface area contributed by atoms with Crippen LogP contribution in [0.4, 0.5) is 0 Å². The number of imidazole rings is 1. The number of hydrogen-bond donors (Lipinski definition) is 3. The zero-order valence-corrected chi connectivity index (χ0v) is 25.0. The molecular weight excluding hydrogens is 548 g/mol. The molecule has 1 aromatic carbocycles. The number of aromatic nitrogens is 4. The van der Waals surface area contributed by atoms with Crippen molar-refractivity contribution in [2.24, 2.45) is 5.92 Å². The van der Waals surface area contributed by atoms with Crippen molar-refractivity contribution in [1.29, 1.82) is 0 Å². The summed E-state index contributed by atoms with van der Waals surface area (Å²) in [6.07, 6.45) is 19.9. The summed E-state index contributed by atoms with van der Waals surface area (Å²) in [7, 11) is 0. The molecule has 222 valence electrons. The standard InChI is InChI=1S/C36H36N6O2/c1-22-13-24(17-37-16-23-5-2-3-6-23)14-27(18-39-22)30-11-9-25-7-4-8-28(34(25)40-30)36-41-31-20-38-19-29(35(31)42-36)26-10-12-32-33(15-26)44-21-43-32/h8-15,18-20,23,37,39H,2-7,16-17,21H2,1H3,(H,41,42). The minimum atomic E-state index is 0.244. The van der Waals surface area contributed by atoms with E-state index in [1.807, 2.05) is 30.6 Å². The predicted octanol–water partition coefficient (Wildman–Crippen LogP) is 6.68. The third-order valence-electron chi connectivity index (χ3n) is 9.06. The smallest absolute Gasteiger partial charge is 0.231 e. The molecule has 8 heteroatoms. The summed E-state index contributed by atoms with van der Waals surface area (Å²) in [5, 5.41) is 7.16. The monoisotopic (exact) mass is 584 g/mol. The van der Waals surface area contributed by atoms with E-state index in [2.05, 4.69) is 64.1 Å². The number of nitrogens with zero attached hydrogens (tertiary/aromatic N) is 3. The Balaban J connectivity index is 1.10. The number of aromatic amines is 1. The van der Waals surface area contributed by atoms with Gasteiger partial charge in [-0.2, -0.15) is 0 Å². The zero-order valence-electron chi connectivity index (χ0n) is 25.0. The number of H-pyrrole nitrogens is 1. The van der Waals surface area contributed by atoms with Crippen LogP contribution in [0.3, 0.4) is 0 Å². The maximum absolute atomic E-state index is 5.63. The second-order valence-electron chi connectivity index (χ2n) is 12.2. The fourth-order valence-corrected chi connectivity index (χ4v) is 6.78. The topological polar surface area (TPSA) is 97.0 Å². The van der Waals surface area contributed by atoms with E-state index in [9.17, 15) is 0 Å². The van der Waals surface area contributed by atoms with Gasteiger partial charge in [-0.1, -0.05) is 31.1 Å². The SMILES string of the molecule is CC1=CC(CNCC2CCCC2)=CC(c2ccc3c(n2)C(c2nc4c(-c5ccc6c(c5)OCO6)cncc4[nH]2)=CCC3)=CN1. The number of fused-ring (bicyclic) bond motifs is 3. The number of aryl methyl sites for hydroxylation is 1. The van der Waals surface area contributed by atoms with Crippen molar-refractivity contribution in [3.8, 4) is 22.6 Å². The number of ether oxygens (including phenoxy) is 2. The van der Waals surface area contributed by atoms with Crippen LogP contribution >= 0.6 is 0 Å². The molecule has 2 aliphatic carbocycles. The molecule has 5 heterocycles. The molecule has 1 fully saturated rings. The Morgan fingerprint density at radius 1 is 1.00 bits per heavy atom. The highest BCUT2D eigenvalue weighted by atomic mass is 16.7. The van der Waals surface area contributed by atoms with Crippen LogP contribution in [0.25, 0.3) is 33.3 Å². The lowest BCUT2D eigenvalue weighted by Gasteiger charge is -2.17. The lowest BCUT2D eigenvalue weighted by atomic mass is 9.94. The molecule has 1 saturated carbocycles. The van der Waals surface area contributed by atoms with Crippen molar-refractivity contribution in [1.82, 2.24) is 30.6 Å². The number of benzene rings is 1. The third-order valence-corrected chi connectivity index (χ3v) is 9.06. The van der Waals surface area contributed by atoms with Gasteiger partial charge < -0.3 is 25.1 Å². The molecule has 8 rings (SSSR count). The van der Waals surface area contributed by atoms with Gasteiger partial charge in [-0.05, 0) is 92.1 Å². The summed E-state index contributed by atoms with van der Waals surface area (Å²) in [6.45, 7) is 4.29.